The van der Waals surface area contributed by atoms with Gasteiger partial charge in [-0.25, -0.2) is 0 Å². The molecule has 94 valence electrons. The molecule has 0 spiro atoms. The first kappa shape index (κ1) is 13.6. The number of nitrogens with zero attached hydrogens (tertiary/aromatic N) is 2. The van der Waals surface area contributed by atoms with Crippen LogP contribution in [0.15, 0.2) is 18.2 Å². The zero-order valence-electron chi connectivity index (χ0n) is 10.2. The second-order valence-corrected chi connectivity index (χ2v) is 3.87. The highest BCUT2D eigenvalue weighted by molar-refractivity contribution is 5.69. The lowest BCUT2D eigenvalue weighted by Gasteiger charge is -2.19. The van der Waals surface area contributed by atoms with E-state index in [1.165, 1.54) is 0 Å². The van der Waals surface area contributed by atoms with Gasteiger partial charge in [0, 0.05) is 25.9 Å². The average molecular weight is 238 g/mol. The van der Waals surface area contributed by atoms with Crippen LogP contribution in [0.3, 0.4) is 0 Å². The fourth-order valence-electron chi connectivity index (χ4n) is 1.54. The minimum absolute atomic E-state index is 0.00101. The Morgan fingerprint density at radius 1 is 1.53 bits per heavy atom. The number of rotatable bonds is 7. The number of aliphatic carboxylic acids is 1. The summed E-state index contributed by atoms with van der Waals surface area (Å²) in [7, 11) is 1.60. The highest BCUT2D eigenvalue weighted by Crippen LogP contribution is 2.03. The predicted molar refractivity (Wildman–Crippen MR) is 63.8 cm³/mol. The Hall–Kier alpha value is -1.46. The number of pyridine rings is 1. The quantitative estimate of drug-likeness (QED) is 0.765. The maximum atomic E-state index is 10.7. The van der Waals surface area contributed by atoms with Gasteiger partial charge in [-0.3, -0.25) is 14.7 Å². The molecule has 1 rings (SSSR count). The van der Waals surface area contributed by atoms with E-state index in [1.54, 1.807) is 12.0 Å². The Morgan fingerprint density at radius 2 is 2.29 bits per heavy atom. The largest absolute Gasteiger partial charge is 0.480 e. The van der Waals surface area contributed by atoms with Crippen LogP contribution in [0, 0.1) is 6.92 Å². The number of hydrogen-bond donors (Lipinski definition) is 1. The summed E-state index contributed by atoms with van der Waals surface area (Å²) in [6.07, 6.45) is 0. The number of methoxy groups -OCH3 is 1. The van der Waals surface area contributed by atoms with E-state index in [0.29, 0.717) is 19.7 Å². The smallest absolute Gasteiger partial charge is 0.317 e. The van der Waals surface area contributed by atoms with Gasteiger partial charge in [0.15, 0.2) is 0 Å². The molecule has 0 bridgehead atoms. The Kier molecular flexibility index (Phi) is 5.59. The van der Waals surface area contributed by atoms with Crippen molar-refractivity contribution in [3.63, 3.8) is 0 Å². The van der Waals surface area contributed by atoms with Crippen LogP contribution in [0.25, 0.3) is 0 Å². The van der Waals surface area contributed by atoms with Gasteiger partial charge < -0.3 is 9.84 Å². The number of aromatic nitrogens is 1. The summed E-state index contributed by atoms with van der Waals surface area (Å²) >= 11 is 0. The van der Waals surface area contributed by atoms with Crippen LogP contribution in [-0.2, 0) is 16.1 Å². The summed E-state index contributed by atoms with van der Waals surface area (Å²) in [6, 6.07) is 5.74. The number of carboxylic acids is 1. The molecule has 0 saturated carbocycles. The highest BCUT2D eigenvalue weighted by Gasteiger charge is 2.10. The van der Waals surface area contributed by atoms with Gasteiger partial charge in [-0.2, -0.15) is 0 Å². The molecule has 0 atom stereocenters. The van der Waals surface area contributed by atoms with E-state index >= 15 is 0 Å². The standard InChI is InChI=1S/C12H18N2O3/c1-10-4-3-5-11(13-10)8-14(6-7-17-2)9-12(15)16/h3-5H,6-9H2,1-2H3,(H,15,16). The first-order chi connectivity index (χ1) is 8.11. The first-order valence-electron chi connectivity index (χ1n) is 5.47. The molecular weight excluding hydrogens is 220 g/mol. The molecule has 5 nitrogen and oxygen atoms in total. The third-order valence-electron chi connectivity index (χ3n) is 2.30. The van der Waals surface area contributed by atoms with E-state index in [-0.39, 0.29) is 6.54 Å². The molecule has 1 N–H and O–H groups in total. The molecule has 0 aliphatic heterocycles. The van der Waals surface area contributed by atoms with Gasteiger partial charge in [0.1, 0.15) is 0 Å². The lowest BCUT2D eigenvalue weighted by molar-refractivity contribution is -0.138. The Bertz CT molecular complexity index is 369. The number of aryl methyl sites for hydroxylation is 1. The van der Waals surface area contributed by atoms with Crippen molar-refractivity contribution in [3.05, 3.63) is 29.6 Å². The minimum Gasteiger partial charge on any atom is -0.480 e. The van der Waals surface area contributed by atoms with Gasteiger partial charge in [0.05, 0.1) is 18.8 Å². The predicted octanol–water partition coefficient (Wildman–Crippen LogP) is 0.923. The van der Waals surface area contributed by atoms with Crippen molar-refractivity contribution in [2.24, 2.45) is 0 Å². The molecule has 0 fully saturated rings. The molecule has 0 unspecified atom stereocenters. The average Bonchev–Trinajstić information content (AvgIpc) is 2.25. The van der Waals surface area contributed by atoms with E-state index in [0.717, 1.165) is 11.4 Å². The van der Waals surface area contributed by atoms with Crippen LogP contribution in [0.2, 0.25) is 0 Å². The molecule has 0 amide bonds. The minimum atomic E-state index is -0.839. The van der Waals surface area contributed by atoms with Crippen molar-refractivity contribution >= 4 is 5.97 Å². The molecule has 5 heteroatoms. The molecule has 0 radical (unpaired) electrons. The van der Waals surface area contributed by atoms with Crippen molar-refractivity contribution in [3.8, 4) is 0 Å². The van der Waals surface area contributed by atoms with Crippen molar-refractivity contribution in [2.45, 2.75) is 13.5 Å². The monoisotopic (exact) mass is 238 g/mol. The Labute approximate surface area is 101 Å². The molecule has 17 heavy (non-hydrogen) atoms. The molecule has 0 aliphatic carbocycles. The van der Waals surface area contributed by atoms with Gasteiger partial charge in [-0.1, -0.05) is 6.07 Å². The van der Waals surface area contributed by atoms with Crippen LogP contribution in [-0.4, -0.2) is 47.8 Å². The van der Waals surface area contributed by atoms with E-state index in [2.05, 4.69) is 4.98 Å². The lowest BCUT2D eigenvalue weighted by atomic mass is 10.3. The van der Waals surface area contributed by atoms with E-state index in [9.17, 15) is 4.79 Å². The number of carboxylic acid groups (broad SMARTS) is 1. The van der Waals surface area contributed by atoms with Gasteiger partial charge in [-0.05, 0) is 19.1 Å². The van der Waals surface area contributed by atoms with E-state index < -0.39 is 5.97 Å². The van der Waals surface area contributed by atoms with Crippen molar-refractivity contribution < 1.29 is 14.6 Å². The topological polar surface area (TPSA) is 62.7 Å². The van der Waals surface area contributed by atoms with Crippen LogP contribution >= 0.6 is 0 Å². The summed E-state index contributed by atoms with van der Waals surface area (Å²) in [5.74, 6) is -0.839. The van der Waals surface area contributed by atoms with Gasteiger partial charge in [0.2, 0.25) is 0 Å². The SMILES string of the molecule is COCCN(CC(=O)O)Cc1cccc(C)n1. The molecule has 1 heterocycles. The molecule has 1 aromatic rings. The fraction of sp³-hybridized carbons (Fsp3) is 0.500. The number of carbonyl (C=O) groups is 1. The Balaban J connectivity index is 2.61. The van der Waals surface area contributed by atoms with E-state index in [1.807, 2.05) is 25.1 Å². The summed E-state index contributed by atoms with van der Waals surface area (Å²) in [6.45, 7) is 3.54. The molecule has 1 aromatic heterocycles. The molecular formula is C12H18N2O3. The summed E-state index contributed by atoms with van der Waals surface area (Å²) < 4.78 is 4.96. The number of hydrogen-bond acceptors (Lipinski definition) is 4. The molecule has 0 saturated heterocycles. The van der Waals surface area contributed by atoms with Crippen LogP contribution < -0.4 is 0 Å². The zero-order valence-corrected chi connectivity index (χ0v) is 10.2. The third-order valence-corrected chi connectivity index (χ3v) is 2.30. The van der Waals surface area contributed by atoms with Gasteiger partial charge in [0.25, 0.3) is 0 Å². The highest BCUT2D eigenvalue weighted by atomic mass is 16.5. The van der Waals surface area contributed by atoms with Gasteiger partial charge in [-0.15, -0.1) is 0 Å². The zero-order chi connectivity index (χ0) is 12.7. The normalized spacial score (nSPS) is 10.8. The van der Waals surface area contributed by atoms with Crippen molar-refractivity contribution in [1.29, 1.82) is 0 Å². The van der Waals surface area contributed by atoms with Crippen molar-refractivity contribution in [2.75, 3.05) is 26.8 Å². The summed E-state index contributed by atoms with van der Waals surface area (Å²) in [5, 5.41) is 8.81. The molecule has 0 aliphatic rings. The van der Waals surface area contributed by atoms with Crippen LogP contribution in [0.4, 0.5) is 0 Å². The summed E-state index contributed by atoms with van der Waals surface area (Å²) in [5.41, 5.74) is 1.81. The van der Waals surface area contributed by atoms with Crippen LogP contribution in [0.1, 0.15) is 11.4 Å². The van der Waals surface area contributed by atoms with Crippen molar-refractivity contribution in [1.82, 2.24) is 9.88 Å². The molecule has 0 aromatic carbocycles. The van der Waals surface area contributed by atoms with Gasteiger partial charge >= 0.3 is 5.97 Å². The Morgan fingerprint density at radius 3 is 2.88 bits per heavy atom. The fourth-order valence-corrected chi connectivity index (χ4v) is 1.54. The maximum absolute atomic E-state index is 10.7. The number of ether oxygens (including phenoxy) is 1. The second-order valence-electron chi connectivity index (χ2n) is 3.87. The summed E-state index contributed by atoms with van der Waals surface area (Å²) in [4.78, 5) is 16.9. The van der Waals surface area contributed by atoms with Crippen LogP contribution in [0.5, 0.6) is 0 Å². The first-order valence-corrected chi connectivity index (χ1v) is 5.47. The maximum Gasteiger partial charge on any atom is 0.317 e. The van der Waals surface area contributed by atoms with E-state index in [4.69, 9.17) is 9.84 Å². The second kappa shape index (κ2) is 6.98. The third kappa shape index (κ3) is 5.42. The lowest BCUT2D eigenvalue weighted by Crippen LogP contribution is -2.32.